The second-order valence-electron chi connectivity index (χ2n) is 3.47. The topological polar surface area (TPSA) is 21.3 Å². The van der Waals surface area contributed by atoms with Gasteiger partial charge in [-0.1, -0.05) is 25.6 Å². The average Bonchev–Trinajstić information content (AvgIpc) is 2.34. The van der Waals surface area contributed by atoms with E-state index in [0.29, 0.717) is 6.61 Å². The zero-order chi connectivity index (χ0) is 11.8. The van der Waals surface area contributed by atoms with E-state index in [9.17, 15) is 0 Å². The number of rotatable bonds is 7. The molecule has 0 radical (unpaired) electrons. The fourth-order valence-electron chi connectivity index (χ4n) is 1.27. The van der Waals surface area contributed by atoms with Crippen LogP contribution >= 0.6 is 11.8 Å². The van der Waals surface area contributed by atoms with Crippen LogP contribution in [0.15, 0.2) is 41.3 Å². The molecule has 1 aromatic carbocycles. The highest BCUT2D eigenvalue weighted by atomic mass is 32.2. The quantitative estimate of drug-likeness (QED) is 0.582. The molecule has 0 bridgehead atoms. The van der Waals surface area contributed by atoms with Gasteiger partial charge in [0.25, 0.3) is 0 Å². The number of nitrogens with one attached hydrogen (secondary N) is 1. The molecule has 0 aliphatic carbocycles. The number of ether oxygens (including phenoxy) is 1. The predicted octanol–water partition coefficient (Wildman–Crippen LogP) is 2.95. The molecule has 1 N–H and O–H groups in total. The summed E-state index contributed by atoms with van der Waals surface area (Å²) < 4.78 is 5.73. The fourth-order valence-corrected chi connectivity index (χ4v) is 1.81. The standard InChI is InChI=1S/C13H19NOS/c1-4-14-9-11(2)10-15-12-7-5-6-8-13(12)16-3/h5-8,14H,2,4,9-10H2,1,3H3. The maximum atomic E-state index is 5.73. The molecule has 88 valence electrons. The lowest BCUT2D eigenvalue weighted by Gasteiger charge is -2.11. The van der Waals surface area contributed by atoms with Crippen molar-refractivity contribution in [2.24, 2.45) is 0 Å². The first-order valence-corrected chi connectivity index (χ1v) is 6.63. The van der Waals surface area contributed by atoms with Gasteiger partial charge in [-0.3, -0.25) is 0 Å². The summed E-state index contributed by atoms with van der Waals surface area (Å²) in [7, 11) is 0. The summed E-state index contributed by atoms with van der Waals surface area (Å²) in [5.41, 5.74) is 1.07. The molecule has 16 heavy (non-hydrogen) atoms. The first kappa shape index (κ1) is 13.1. The maximum absolute atomic E-state index is 5.73. The molecule has 0 aliphatic rings. The van der Waals surface area contributed by atoms with Gasteiger partial charge in [0.2, 0.25) is 0 Å². The van der Waals surface area contributed by atoms with E-state index in [4.69, 9.17) is 4.74 Å². The lowest BCUT2D eigenvalue weighted by molar-refractivity contribution is 0.340. The second kappa shape index (κ2) is 7.36. The van der Waals surface area contributed by atoms with Gasteiger partial charge in [0.1, 0.15) is 12.4 Å². The van der Waals surface area contributed by atoms with Gasteiger partial charge >= 0.3 is 0 Å². The third-order valence-corrected chi connectivity index (χ3v) is 2.90. The molecule has 0 atom stereocenters. The van der Waals surface area contributed by atoms with Gasteiger partial charge in [0, 0.05) is 11.4 Å². The Balaban J connectivity index is 2.44. The normalized spacial score (nSPS) is 10.1. The summed E-state index contributed by atoms with van der Waals surface area (Å²) in [5, 5.41) is 3.23. The van der Waals surface area contributed by atoms with Gasteiger partial charge in [-0.05, 0) is 30.5 Å². The first-order chi connectivity index (χ1) is 7.77. The van der Waals surface area contributed by atoms with E-state index in [1.807, 2.05) is 18.2 Å². The van der Waals surface area contributed by atoms with E-state index in [1.54, 1.807) is 11.8 Å². The summed E-state index contributed by atoms with van der Waals surface area (Å²) in [6.45, 7) is 8.40. The largest absolute Gasteiger partial charge is 0.488 e. The van der Waals surface area contributed by atoms with E-state index in [0.717, 1.165) is 24.4 Å². The Hall–Kier alpha value is -0.930. The molecule has 0 amide bonds. The van der Waals surface area contributed by atoms with Gasteiger partial charge in [-0.25, -0.2) is 0 Å². The summed E-state index contributed by atoms with van der Waals surface area (Å²) in [6.07, 6.45) is 2.05. The molecule has 0 aliphatic heterocycles. The molecule has 0 unspecified atom stereocenters. The van der Waals surface area contributed by atoms with Crippen LogP contribution in [0.3, 0.4) is 0 Å². The molecule has 3 heteroatoms. The van der Waals surface area contributed by atoms with Gasteiger partial charge in [0.15, 0.2) is 0 Å². The Morgan fingerprint density at radius 1 is 1.44 bits per heavy atom. The molecule has 0 saturated heterocycles. The van der Waals surface area contributed by atoms with Crippen LogP contribution in [-0.4, -0.2) is 26.0 Å². The van der Waals surface area contributed by atoms with Crippen molar-refractivity contribution in [3.05, 3.63) is 36.4 Å². The van der Waals surface area contributed by atoms with Crippen LogP contribution in [0, 0.1) is 0 Å². The molecule has 0 heterocycles. The number of hydrogen-bond acceptors (Lipinski definition) is 3. The van der Waals surface area contributed by atoms with Crippen molar-refractivity contribution < 1.29 is 4.74 Å². The lowest BCUT2D eigenvalue weighted by atomic mass is 10.3. The number of para-hydroxylation sites is 1. The van der Waals surface area contributed by atoms with Crippen molar-refractivity contribution in [3.63, 3.8) is 0 Å². The SMILES string of the molecule is C=C(CNCC)COc1ccccc1SC. The third-order valence-electron chi connectivity index (χ3n) is 2.13. The van der Waals surface area contributed by atoms with Crippen LogP contribution in [0.1, 0.15) is 6.92 Å². The molecule has 0 aromatic heterocycles. The Morgan fingerprint density at radius 2 is 2.19 bits per heavy atom. The maximum Gasteiger partial charge on any atom is 0.133 e. The summed E-state index contributed by atoms with van der Waals surface area (Å²) in [4.78, 5) is 1.17. The lowest BCUT2D eigenvalue weighted by Crippen LogP contribution is -2.18. The predicted molar refractivity (Wildman–Crippen MR) is 71.4 cm³/mol. The highest BCUT2D eigenvalue weighted by Crippen LogP contribution is 2.26. The van der Waals surface area contributed by atoms with Crippen LogP contribution in [0.2, 0.25) is 0 Å². The van der Waals surface area contributed by atoms with E-state index in [2.05, 4.69) is 31.1 Å². The van der Waals surface area contributed by atoms with E-state index in [-0.39, 0.29) is 0 Å². The summed E-state index contributed by atoms with van der Waals surface area (Å²) in [6, 6.07) is 8.06. The van der Waals surface area contributed by atoms with Crippen molar-refractivity contribution in [3.8, 4) is 5.75 Å². The minimum Gasteiger partial charge on any atom is -0.488 e. The smallest absolute Gasteiger partial charge is 0.133 e. The minimum absolute atomic E-state index is 0.574. The zero-order valence-corrected chi connectivity index (χ0v) is 10.8. The van der Waals surface area contributed by atoms with Crippen LogP contribution < -0.4 is 10.1 Å². The molecular formula is C13H19NOS. The van der Waals surface area contributed by atoms with Gasteiger partial charge in [-0.2, -0.15) is 0 Å². The van der Waals surface area contributed by atoms with Crippen LogP contribution in [-0.2, 0) is 0 Å². The van der Waals surface area contributed by atoms with E-state index < -0.39 is 0 Å². The van der Waals surface area contributed by atoms with Crippen LogP contribution in [0.4, 0.5) is 0 Å². The summed E-state index contributed by atoms with van der Waals surface area (Å²) in [5.74, 6) is 0.938. The second-order valence-corrected chi connectivity index (χ2v) is 4.32. The number of hydrogen-bond donors (Lipinski definition) is 1. The minimum atomic E-state index is 0.574. The fraction of sp³-hybridized carbons (Fsp3) is 0.385. The Kier molecular flexibility index (Phi) is 6.04. The molecule has 1 aromatic rings. The van der Waals surface area contributed by atoms with Crippen molar-refractivity contribution in [1.29, 1.82) is 0 Å². The first-order valence-electron chi connectivity index (χ1n) is 5.41. The van der Waals surface area contributed by atoms with Crippen molar-refractivity contribution >= 4 is 11.8 Å². The van der Waals surface area contributed by atoms with E-state index >= 15 is 0 Å². The molecule has 0 fully saturated rings. The molecule has 1 rings (SSSR count). The van der Waals surface area contributed by atoms with Crippen molar-refractivity contribution in [1.82, 2.24) is 5.32 Å². The number of likely N-dealkylation sites (N-methyl/N-ethyl adjacent to an activating group) is 1. The average molecular weight is 237 g/mol. The van der Waals surface area contributed by atoms with E-state index in [1.165, 1.54) is 4.90 Å². The van der Waals surface area contributed by atoms with Crippen molar-refractivity contribution in [2.75, 3.05) is 26.0 Å². The molecule has 0 saturated carbocycles. The highest BCUT2D eigenvalue weighted by Gasteiger charge is 2.01. The van der Waals surface area contributed by atoms with Gasteiger partial charge < -0.3 is 10.1 Å². The summed E-state index contributed by atoms with van der Waals surface area (Å²) >= 11 is 1.69. The zero-order valence-electron chi connectivity index (χ0n) is 9.95. The molecule has 0 spiro atoms. The third kappa shape index (κ3) is 4.29. The van der Waals surface area contributed by atoms with Crippen molar-refractivity contribution in [2.45, 2.75) is 11.8 Å². The monoisotopic (exact) mass is 237 g/mol. The molecule has 2 nitrogen and oxygen atoms in total. The van der Waals surface area contributed by atoms with Gasteiger partial charge in [0.05, 0.1) is 0 Å². The Bertz CT molecular complexity index is 338. The molecular weight excluding hydrogens is 218 g/mol. The van der Waals surface area contributed by atoms with Crippen LogP contribution in [0.5, 0.6) is 5.75 Å². The number of benzene rings is 1. The Morgan fingerprint density at radius 3 is 2.88 bits per heavy atom. The Labute approximate surface area is 102 Å². The van der Waals surface area contributed by atoms with Crippen LogP contribution in [0.25, 0.3) is 0 Å². The van der Waals surface area contributed by atoms with Gasteiger partial charge in [-0.15, -0.1) is 11.8 Å². The number of thioether (sulfide) groups is 1. The highest BCUT2D eigenvalue weighted by molar-refractivity contribution is 7.98.